The summed E-state index contributed by atoms with van der Waals surface area (Å²) in [6.45, 7) is 6.55. The van der Waals surface area contributed by atoms with Crippen LogP contribution < -0.4 is 21.0 Å². The molecule has 7 heteroatoms. The largest absolute Gasteiger partial charge is 0.382 e. The van der Waals surface area contributed by atoms with Crippen LogP contribution in [0.4, 0.5) is 15.8 Å². The number of fused-ring (bicyclic) bond motifs is 1. The highest BCUT2D eigenvalue weighted by atomic mass is 19.1. The van der Waals surface area contributed by atoms with Crippen molar-refractivity contribution in [3.63, 3.8) is 0 Å². The minimum atomic E-state index is -0.368. The van der Waals surface area contributed by atoms with E-state index in [2.05, 4.69) is 49.6 Å². The van der Waals surface area contributed by atoms with Crippen molar-refractivity contribution in [2.45, 2.75) is 64.0 Å². The number of pyridine rings is 1. The van der Waals surface area contributed by atoms with E-state index in [9.17, 15) is 9.18 Å². The highest BCUT2D eigenvalue weighted by Gasteiger charge is 2.25. The van der Waals surface area contributed by atoms with Gasteiger partial charge in [0.1, 0.15) is 13.7 Å². The SMILES string of the molecule is Bc1cc(C(=O)NC2CCC(Nc3cc(C(C)(C)C)nc4ccccc34)CC2)cc(F)c1N(C)C. The van der Waals surface area contributed by atoms with Gasteiger partial charge < -0.3 is 15.5 Å². The number of halogens is 1. The lowest BCUT2D eigenvalue weighted by Crippen LogP contribution is -2.40. The van der Waals surface area contributed by atoms with Crippen LogP contribution in [-0.4, -0.2) is 44.9 Å². The van der Waals surface area contributed by atoms with Gasteiger partial charge in [-0.15, -0.1) is 0 Å². The predicted octanol–water partition coefficient (Wildman–Crippen LogP) is 4.15. The number of carbonyl (C=O) groups excluding carboxylic acids is 1. The second-order valence-electron chi connectivity index (χ2n) is 11.0. The van der Waals surface area contributed by atoms with E-state index in [1.807, 2.05) is 20.0 Å². The van der Waals surface area contributed by atoms with Crippen LogP contribution in [0.1, 0.15) is 62.5 Å². The molecular weight excluding hydrogens is 438 g/mol. The van der Waals surface area contributed by atoms with Crippen molar-refractivity contribution >= 4 is 41.5 Å². The highest BCUT2D eigenvalue weighted by Crippen LogP contribution is 2.31. The van der Waals surface area contributed by atoms with Gasteiger partial charge in [-0.2, -0.15) is 0 Å². The number of anilines is 2. The van der Waals surface area contributed by atoms with Gasteiger partial charge in [-0.05, 0) is 43.9 Å². The fraction of sp³-hybridized carbons (Fsp3) is 0.429. The molecule has 0 saturated heterocycles. The third-order valence-corrected chi connectivity index (χ3v) is 6.87. The molecule has 0 spiro atoms. The average molecular weight is 474 g/mol. The molecular formula is C28H36BFN4O. The first kappa shape index (κ1) is 25.0. The molecule has 1 aliphatic rings. The molecule has 0 bridgehead atoms. The molecule has 184 valence electrons. The van der Waals surface area contributed by atoms with Crippen LogP contribution in [0.3, 0.4) is 0 Å². The van der Waals surface area contributed by atoms with E-state index in [1.165, 1.54) is 6.07 Å². The predicted molar refractivity (Wildman–Crippen MR) is 146 cm³/mol. The number of para-hydroxylation sites is 1. The van der Waals surface area contributed by atoms with Crippen molar-refractivity contribution in [1.82, 2.24) is 10.3 Å². The summed E-state index contributed by atoms with van der Waals surface area (Å²) in [5, 5.41) is 8.02. The molecule has 0 radical (unpaired) electrons. The second kappa shape index (κ2) is 9.88. The van der Waals surface area contributed by atoms with E-state index < -0.39 is 0 Å². The van der Waals surface area contributed by atoms with E-state index in [-0.39, 0.29) is 23.2 Å². The van der Waals surface area contributed by atoms with Crippen molar-refractivity contribution in [3.05, 3.63) is 59.5 Å². The van der Waals surface area contributed by atoms with Crippen molar-refractivity contribution in [1.29, 1.82) is 0 Å². The molecule has 35 heavy (non-hydrogen) atoms. The van der Waals surface area contributed by atoms with Gasteiger partial charge >= 0.3 is 0 Å². The summed E-state index contributed by atoms with van der Waals surface area (Å²) in [7, 11) is 5.44. The standard InChI is InChI=1S/C28H36BFN4O/c1-28(2,3)25-16-24(20-8-6-7-9-23(20)33-25)31-18-10-12-19(13-11-18)32-27(35)17-14-21(29)26(34(4)5)22(30)15-17/h6-9,14-16,18-19H,10-13,29H2,1-5H3,(H,31,33)(H,32,35). The Morgan fingerprint density at radius 1 is 1.06 bits per heavy atom. The summed E-state index contributed by atoms with van der Waals surface area (Å²) in [4.78, 5) is 19.5. The van der Waals surface area contributed by atoms with Crippen molar-refractivity contribution in [2.75, 3.05) is 24.3 Å². The number of amides is 1. The quantitative estimate of drug-likeness (QED) is 0.546. The molecule has 1 amide bonds. The molecule has 1 fully saturated rings. The third-order valence-electron chi connectivity index (χ3n) is 6.87. The second-order valence-corrected chi connectivity index (χ2v) is 11.0. The van der Waals surface area contributed by atoms with Gasteiger partial charge in [-0.3, -0.25) is 9.78 Å². The van der Waals surface area contributed by atoms with Gasteiger partial charge in [-0.1, -0.05) is 50.5 Å². The third kappa shape index (κ3) is 5.60. The number of benzene rings is 2. The minimum Gasteiger partial charge on any atom is -0.382 e. The molecule has 0 aliphatic heterocycles. The summed E-state index contributed by atoms with van der Waals surface area (Å²) >= 11 is 0. The van der Waals surface area contributed by atoms with E-state index in [0.717, 1.165) is 53.4 Å². The zero-order chi connectivity index (χ0) is 25.3. The van der Waals surface area contributed by atoms with Crippen molar-refractivity contribution < 1.29 is 9.18 Å². The van der Waals surface area contributed by atoms with Crippen molar-refractivity contribution in [3.8, 4) is 0 Å². The number of nitrogens with zero attached hydrogens (tertiary/aromatic N) is 2. The Labute approximate surface area is 208 Å². The molecule has 1 aromatic heterocycles. The van der Waals surface area contributed by atoms with Crippen molar-refractivity contribution in [2.24, 2.45) is 0 Å². The summed E-state index contributed by atoms with van der Waals surface area (Å²) in [5.74, 6) is -0.573. The number of nitrogens with one attached hydrogen (secondary N) is 2. The number of hydrogen-bond donors (Lipinski definition) is 2. The van der Waals surface area contributed by atoms with Gasteiger partial charge in [0, 0.05) is 53.9 Å². The average Bonchev–Trinajstić information content (AvgIpc) is 2.79. The maximum absolute atomic E-state index is 14.5. The molecule has 0 unspecified atom stereocenters. The normalized spacial score (nSPS) is 18.3. The molecule has 1 heterocycles. The first-order valence-corrected chi connectivity index (χ1v) is 12.5. The lowest BCUT2D eigenvalue weighted by Gasteiger charge is -2.31. The van der Waals surface area contributed by atoms with Gasteiger partial charge in [0.25, 0.3) is 5.91 Å². The number of carbonyl (C=O) groups is 1. The molecule has 2 aromatic carbocycles. The van der Waals surface area contributed by atoms with Crippen LogP contribution in [0.5, 0.6) is 0 Å². The summed E-state index contributed by atoms with van der Waals surface area (Å²) < 4.78 is 14.5. The minimum absolute atomic E-state index is 0.0367. The Bertz CT molecular complexity index is 1210. The molecule has 3 aromatic rings. The molecule has 4 rings (SSSR count). The zero-order valence-electron chi connectivity index (χ0n) is 21.7. The van der Waals surface area contributed by atoms with Gasteiger partial charge in [0.05, 0.1) is 11.2 Å². The van der Waals surface area contributed by atoms with Gasteiger partial charge in [-0.25, -0.2) is 4.39 Å². The highest BCUT2D eigenvalue weighted by molar-refractivity contribution is 6.36. The molecule has 1 saturated carbocycles. The van der Waals surface area contributed by atoms with Crippen LogP contribution in [0.25, 0.3) is 10.9 Å². The van der Waals surface area contributed by atoms with E-state index in [1.54, 1.807) is 25.1 Å². The first-order chi connectivity index (χ1) is 16.5. The Hall–Kier alpha value is -3.09. The summed E-state index contributed by atoms with van der Waals surface area (Å²) in [6, 6.07) is 14.0. The van der Waals surface area contributed by atoms with E-state index in [4.69, 9.17) is 4.98 Å². The Balaban J connectivity index is 1.41. The van der Waals surface area contributed by atoms with Crippen LogP contribution in [0.2, 0.25) is 0 Å². The topological polar surface area (TPSA) is 57.3 Å². The lowest BCUT2D eigenvalue weighted by molar-refractivity contribution is 0.0926. The smallest absolute Gasteiger partial charge is 0.251 e. The number of aromatic nitrogens is 1. The first-order valence-electron chi connectivity index (χ1n) is 12.5. The monoisotopic (exact) mass is 474 g/mol. The van der Waals surface area contributed by atoms with Crippen LogP contribution in [0, 0.1) is 5.82 Å². The number of rotatable bonds is 5. The Morgan fingerprint density at radius 2 is 1.71 bits per heavy atom. The molecule has 5 nitrogen and oxygen atoms in total. The Kier molecular flexibility index (Phi) is 7.06. The van der Waals surface area contributed by atoms with Crippen LogP contribution in [-0.2, 0) is 5.41 Å². The van der Waals surface area contributed by atoms with Crippen LogP contribution >= 0.6 is 0 Å². The molecule has 2 N–H and O–H groups in total. The van der Waals surface area contributed by atoms with Gasteiger partial charge in [0.2, 0.25) is 0 Å². The molecule has 0 atom stereocenters. The number of hydrogen-bond acceptors (Lipinski definition) is 4. The van der Waals surface area contributed by atoms with E-state index in [0.29, 0.717) is 17.3 Å². The Morgan fingerprint density at radius 3 is 2.34 bits per heavy atom. The zero-order valence-corrected chi connectivity index (χ0v) is 21.7. The van der Waals surface area contributed by atoms with Crippen LogP contribution in [0.15, 0.2) is 42.5 Å². The summed E-state index contributed by atoms with van der Waals surface area (Å²) in [6.07, 6.45) is 3.68. The maximum Gasteiger partial charge on any atom is 0.251 e. The molecule has 1 aliphatic carbocycles. The maximum atomic E-state index is 14.5. The van der Waals surface area contributed by atoms with Gasteiger partial charge in [0.15, 0.2) is 0 Å². The summed E-state index contributed by atoms with van der Waals surface area (Å²) in [5.41, 5.74) is 4.82. The fourth-order valence-electron chi connectivity index (χ4n) is 4.98. The lowest BCUT2D eigenvalue weighted by atomic mass is 9.88. The fourth-order valence-corrected chi connectivity index (χ4v) is 4.98. The van der Waals surface area contributed by atoms with E-state index >= 15 is 0 Å².